The first-order valence-electron chi connectivity index (χ1n) is 8.62. The highest BCUT2D eigenvalue weighted by Gasteiger charge is 2.49. The van der Waals surface area contributed by atoms with E-state index in [1.165, 1.54) is 11.1 Å². The van der Waals surface area contributed by atoms with E-state index in [-0.39, 0.29) is 18.3 Å². The molecule has 1 saturated heterocycles. The molecule has 3 nitrogen and oxygen atoms in total. The molecule has 0 aromatic heterocycles. The second kappa shape index (κ2) is 7.21. The van der Waals surface area contributed by atoms with Crippen LogP contribution in [0.15, 0.2) is 30.2 Å². The summed E-state index contributed by atoms with van der Waals surface area (Å²) in [5.74, 6) is 2.00. The Bertz CT molecular complexity index is 517. The van der Waals surface area contributed by atoms with Crippen LogP contribution in [0.5, 0.6) is 0 Å². The smallest absolute Gasteiger partial charge is 0.400 e. The second-order valence-electron chi connectivity index (χ2n) is 7.19. The molecular weight excluding hydrogens is 285 g/mol. The summed E-state index contributed by atoms with van der Waals surface area (Å²) in [6.07, 6.45) is 2.07. The molecule has 1 aromatic rings. The fraction of sp³-hybridized carbons (Fsp3) is 0.579. The fourth-order valence-electron chi connectivity index (χ4n) is 2.60. The molecule has 0 spiro atoms. The lowest BCUT2D eigenvalue weighted by Crippen LogP contribution is -2.41. The first-order chi connectivity index (χ1) is 10.8. The number of nitrogens with zero attached hydrogens (tertiary/aromatic N) is 1. The van der Waals surface area contributed by atoms with Crippen LogP contribution in [0.3, 0.4) is 0 Å². The molecule has 0 atom stereocenters. The molecule has 1 aliphatic heterocycles. The molecule has 1 aromatic carbocycles. The molecule has 0 radical (unpaired) electrons. The highest BCUT2D eigenvalue weighted by Crippen LogP contribution is 2.37. The molecule has 4 heteroatoms. The summed E-state index contributed by atoms with van der Waals surface area (Å²) < 4.78 is 12.0. The van der Waals surface area contributed by atoms with Gasteiger partial charge in [0.1, 0.15) is 0 Å². The number of hydrogen-bond acceptors (Lipinski definition) is 3. The maximum absolute atomic E-state index is 5.98. The minimum absolute atomic E-state index is 0.282. The van der Waals surface area contributed by atoms with Gasteiger partial charge in [0.2, 0.25) is 0 Å². The molecule has 1 heterocycles. The van der Waals surface area contributed by atoms with Crippen LogP contribution in [0, 0.1) is 0 Å². The van der Waals surface area contributed by atoms with Gasteiger partial charge in [-0.1, -0.05) is 50.2 Å². The van der Waals surface area contributed by atoms with Gasteiger partial charge in [0, 0.05) is 6.54 Å². The molecule has 1 aliphatic rings. The summed E-state index contributed by atoms with van der Waals surface area (Å²) in [7, 11) is -0.282. The van der Waals surface area contributed by atoms with E-state index in [9.17, 15) is 0 Å². The molecular formula is C19H30BNO2. The molecule has 0 aliphatic carbocycles. The van der Waals surface area contributed by atoms with Crippen LogP contribution in [0.1, 0.15) is 52.7 Å². The predicted octanol–water partition coefficient (Wildman–Crippen LogP) is 4.17. The van der Waals surface area contributed by atoms with Crippen molar-refractivity contribution in [1.82, 2.24) is 4.90 Å². The number of benzene rings is 1. The molecule has 0 amide bonds. The Morgan fingerprint density at radius 1 is 0.957 bits per heavy atom. The molecule has 0 unspecified atom stereocenters. The highest BCUT2D eigenvalue weighted by atomic mass is 16.7. The van der Waals surface area contributed by atoms with Crippen LogP contribution in [0.4, 0.5) is 0 Å². The maximum atomic E-state index is 5.98. The summed E-state index contributed by atoms with van der Waals surface area (Å²) >= 11 is 0. The molecule has 2 rings (SSSR count). The van der Waals surface area contributed by atoms with Gasteiger partial charge in [0.25, 0.3) is 0 Å². The first-order valence-corrected chi connectivity index (χ1v) is 8.62. The highest BCUT2D eigenvalue weighted by molar-refractivity contribution is 6.52. The minimum atomic E-state index is -0.282. The van der Waals surface area contributed by atoms with Crippen molar-refractivity contribution >= 4 is 13.2 Å². The molecule has 0 bridgehead atoms. The Labute approximate surface area is 141 Å². The molecule has 0 saturated carbocycles. The van der Waals surface area contributed by atoms with Gasteiger partial charge in [-0.05, 0) is 51.9 Å². The third-order valence-corrected chi connectivity index (χ3v) is 5.00. The van der Waals surface area contributed by atoms with Gasteiger partial charge >= 0.3 is 7.12 Å². The molecule has 23 heavy (non-hydrogen) atoms. The summed E-state index contributed by atoms with van der Waals surface area (Å²) in [4.78, 5) is 2.41. The van der Waals surface area contributed by atoms with Crippen molar-refractivity contribution < 1.29 is 9.31 Å². The average molecular weight is 315 g/mol. The van der Waals surface area contributed by atoms with Crippen molar-refractivity contribution in [3.8, 4) is 0 Å². The molecule has 126 valence electrons. The van der Waals surface area contributed by atoms with E-state index in [0.717, 1.165) is 19.6 Å². The predicted molar refractivity (Wildman–Crippen MR) is 98.2 cm³/mol. The van der Waals surface area contributed by atoms with Crippen molar-refractivity contribution in [2.24, 2.45) is 0 Å². The standard InChI is InChI=1S/C19H30BNO2/c1-7-21(8-2)15-17-11-9-16(10-12-17)13-14-20-22-18(3,4)19(5,6)23-20/h9-14H,7-8,15H2,1-6H3. The van der Waals surface area contributed by atoms with E-state index in [1.54, 1.807) is 0 Å². The Morgan fingerprint density at radius 3 is 1.96 bits per heavy atom. The van der Waals surface area contributed by atoms with Gasteiger partial charge in [-0.25, -0.2) is 0 Å². The topological polar surface area (TPSA) is 21.7 Å². The van der Waals surface area contributed by atoms with Crippen LogP contribution in [-0.4, -0.2) is 36.3 Å². The minimum Gasteiger partial charge on any atom is -0.400 e. The maximum Gasteiger partial charge on any atom is 0.487 e. The SMILES string of the molecule is CCN(CC)Cc1ccc(C=CB2OC(C)(C)C(C)(C)O2)cc1. The van der Waals surface area contributed by atoms with Gasteiger partial charge < -0.3 is 9.31 Å². The number of rotatable bonds is 6. The lowest BCUT2D eigenvalue weighted by Gasteiger charge is -2.32. The lowest BCUT2D eigenvalue weighted by atomic mass is 9.89. The van der Waals surface area contributed by atoms with E-state index in [0.29, 0.717) is 0 Å². The Morgan fingerprint density at radius 2 is 1.48 bits per heavy atom. The van der Waals surface area contributed by atoms with Crippen LogP contribution in [0.25, 0.3) is 6.08 Å². The summed E-state index contributed by atoms with van der Waals surface area (Å²) in [5.41, 5.74) is 1.95. The third kappa shape index (κ3) is 4.47. The van der Waals surface area contributed by atoms with Crippen LogP contribution in [0.2, 0.25) is 0 Å². The number of hydrogen-bond donors (Lipinski definition) is 0. The van der Waals surface area contributed by atoms with Crippen LogP contribution < -0.4 is 0 Å². The zero-order chi connectivity index (χ0) is 17.1. The monoisotopic (exact) mass is 315 g/mol. The summed E-state index contributed by atoms with van der Waals surface area (Å²) in [6, 6.07) is 8.70. The Kier molecular flexibility index (Phi) is 5.72. The average Bonchev–Trinajstić information content (AvgIpc) is 2.71. The second-order valence-corrected chi connectivity index (χ2v) is 7.19. The van der Waals surface area contributed by atoms with Gasteiger partial charge in [0.05, 0.1) is 11.2 Å². The van der Waals surface area contributed by atoms with Gasteiger partial charge in [-0.3, -0.25) is 4.90 Å². The molecule has 0 N–H and O–H groups in total. The van der Waals surface area contributed by atoms with Gasteiger partial charge in [0.15, 0.2) is 0 Å². The quantitative estimate of drug-likeness (QED) is 0.735. The summed E-state index contributed by atoms with van der Waals surface area (Å²) in [5, 5.41) is 0. The van der Waals surface area contributed by atoms with E-state index in [1.807, 2.05) is 5.98 Å². The first kappa shape index (κ1) is 18.2. The van der Waals surface area contributed by atoms with Crippen molar-refractivity contribution in [3.63, 3.8) is 0 Å². The normalized spacial score (nSPS) is 19.9. The zero-order valence-electron chi connectivity index (χ0n) is 15.4. The van der Waals surface area contributed by atoms with Crippen LogP contribution in [-0.2, 0) is 15.9 Å². The van der Waals surface area contributed by atoms with E-state index in [2.05, 4.69) is 76.8 Å². The zero-order valence-corrected chi connectivity index (χ0v) is 15.4. The Hall–Kier alpha value is -1.10. The van der Waals surface area contributed by atoms with Crippen LogP contribution >= 0.6 is 0 Å². The summed E-state index contributed by atoms with van der Waals surface area (Å²) in [6.45, 7) is 15.9. The van der Waals surface area contributed by atoms with Gasteiger partial charge in [-0.15, -0.1) is 0 Å². The lowest BCUT2D eigenvalue weighted by molar-refractivity contribution is 0.00578. The Balaban J connectivity index is 1.96. The molecule has 1 fully saturated rings. The van der Waals surface area contributed by atoms with E-state index in [4.69, 9.17) is 9.31 Å². The third-order valence-electron chi connectivity index (χ3n) is 5.00. The van der Waals surface area contributed by atoms with E-state index >= 15 is 0 Å². The van der Waals surface area contributed by atoms with Crippen molar-refractivity contribution in [1.29, 1.82) is 0 Å². The van der Waals surface area contributed by atoms with Crippen molar-refractivity contribution in [2.75, 3.05) is 13.1 Å². The van der Waals surface area contributed by atoms with E-state index < -0.39 is 0 Å². The van der Waals surface area contributed by atoms with Crippen molar-refractivity contribution in [2.45, 2.75) is 59.3 Å². The van der Waals surface area contributed by atoms with Gasteiger partial charge in [-0.2, -0.15) is 0 Å². The largest absolute Gasteiger partial charge is 0.487 e. The fourth-order valence-corrected chi connectivity index (χ4v) is 2.60. The van der Waals surface area contributed by atoms with Crippen molar-refractivity contribution in [3.05, 3.63) is 41.4 Å².